The summed E-state index contributed by atoms with van der Waals surface area (Å²) in [6, 6.07) is 17.6. The van der Waals surface area contributed by atoms with E-state index < -0.39 is 17.6 Å². The van der Waals surface area contributed by atoms with Gasteiger partial charge in [-0.2, -0.15) is 0 Å². The molecule has 0 saturated heterocycles. The number of carbonyl (C=O) groups is 2. The Labute approximate surface area is 184 Å². The maximum Gasteiger partial charge on any atom is 0.282 e. The highest BCUT2D eigenvalue weighted by Crippen LogP contribution is 2.36. The van der Waals surface area contributed by atoms with Gasteiger partial charge >= 0.3 is 0 Å². The van der Waals surface area contributed by atoms with Crippen molar-refractivity contribution in [1.82, 2.24) is 0 Å². The zero-order valence-corrected chi connectivity index (χ0v) is 17.8. The van der Waals surface area contributed by atoms with Gasteiger partial charge in [-0.1, -0.05) is 29.8 Å². The number of amides is 2. The average molecular weight is 432 g/mol. The van der Waals surface area contributed by atoms with Crippen LogP contribution in [0.5, 0.6) is 11.5 Å². The van der Waals surface area contributed by atoms with Gasteiger partial charge in [-0.05, 0) is 48.9 Å². The lowest BCUT2D eigenvalue weighted by atomic mass is 10.0. The highest BCUT2D eigenvalue weighted by molar-refractivity contribution is 6.46. The Morgan fingerprint density at radius 1 is 0.812 bits per heavy atom. The number of benzene rings is 3. The van der Waals surface area contributed by atoms with E-state index in [-0.39, 0.29) is 11.3 Å². The first kappa shape index (κ1) is 21.1. The molecule has 1 aliphatic rings. The molecule has 0 bridgehead atoms. The Hall–Kier alpha value is -4.13. The lowest BCUT2D eigenvalue weighted by Gasteiger charge is -2.16. The Morgan fingerprint density at radius 3 is 2.09 bits per heavy atom. The van der Waals surface area contributed by atoms with Gasteiger partial charge in [0.25, 0.3) is 11.8 Å². The molecule has 1 aliphatic heterocycles. The van der Waals surface area contributed by atoms with Crippen LogP contribution in [-0.2, 0) is 9.59 Å². The number of rotatable bonds is 6. The second kappa shape index (κ2) is 8.55. The number of hydrogen-bond acceptors (Lipinski definition) is 5. The molecule has 0 spiro atoms. The quantitative estimate of drug-likeness (QED) is 0.579. The number of carbonyl (C=O) groups excluding carboxylic acids is 2. The third-order valence-corrected chi connectivity index (χ3v) is 5.16. The molecule has 0 saturated carbocycles. The van der Waals surface area contributed by atoms with Crippen LogP contribution >= 0.6 is 0 Å². The van der Waals surface area contributed by atoms with E-state index in [0.29, 0.717) is 28.4 Å². The number of nitrogens with zero attached hydrogens (tertiary/aromatic N) is 1. The molecule has 1 heterocycles. The van der Waals surface area contributed by atoms with Gasteiger partial charge in [-0.3, -0.25) is 9.59 Å². The summed E-state index contributed by atoms with van der Waals surface area (Å²) in [5.41, 5.74) is 2.67. The SMILES string of the molecule is COc1ccc(NC2=C(c3ccc(F)cc3)C(=O)N(c3ccc(C)cc3)C2=O)cc1OC. The highest BCUT2D eigenvalue weighted by Gasteiger charge is 2.40. The Balaban J connectivity index is 1.80. The minimum Gasteiger partial charge on any atom is -0.493 e. The number of halogens is 1. The van der Waals surface area contributed by atoms with E-state index in [9.17, 15) is 14.0 Å². The van der Waals surface area contributed by atoms with E-state index in [1.165, 1.54) is 38.5 Å². The van der Waals surface area contributed by atoms with Gasteiger partial charge in [0, 0.05) is 11.8 Å². The van der Waals surface area contributed by atoms with Crippen LogP contribution < -0.4 is 19.7 Å². The highest BCUT2D eigenvalue weighted by atomic mass is 19.1. The first-order valence-corrected chi connectivity index (χ1v) is 9.87. The molecular formula is C25H21FN2O4. The van der Waals surface area contributed by atoms with Crippen LogP contribution in [0, 0.1) is 12.7 Å². The molecule has 4 rings (SSSR count). The normalized spacial score (nSPS) is 13.6. The van der Waals surface area contributed by atoms with Gasteiger partial charge in [0.15, 0.2) is 11.5 Å². The largest absolute Gasteiger partial charge is 0.493 e. The van der Waals surface area contributed by atoms with E-state index in [1.807, 2.05) is 19.1 Å². The zero-order chi connectivity index (χ0) is 22.8. The van der Waals surface area contributed by atoms with Crippen molar-refractivity contribution in [2.45, 2.75) is 6.92 Å². The second-order valence-corrected chi connectivity index (χ2v) is 7.23. The average Bonchev–Trinajstić information content (AvgIpc) is 3.04. The van der Waals surface area contributed by atoms with E-state index in [1.54, 1.807) is 30.3 Å². The van der Waals surface area contributed by atoms with Crippen LogP contribution in [0.4, 0.5) is 15.8 Å². The second-order valence-electron chi connectivity index (χ2n) is 7.23. The maximum absolute atomic E-state index is 13.5. The topological polar surface area (TPSA) is 67.9 Å². The first-order valence-electron chi connectivity index (χ1n) is 9.87. The fourth-order valence-corrected chi connectivity index (χ4v) is 3.52. The predicted octanol–water partition coefficient (Wildman–Crippen LogP) is 4.55. The molecule has 3 aromatic carbocycles. The summed E-state index contributed by atoms with van der Waals surface area (Å²) in [4.78, 5) is 27.9. The number of ether oxygens (including phenoxy) is 2. The van der Waals surface area contributed by atoms with Gasteiger partial charge in [0.05, 0.1) is 25.5 Å². The first-order chi connectivity index (χ1) is 15.4. The van der Waals surface area contributed by atoms with E-state index in [2.05, 4.69) is 5.32 Å². The molecule has 0 fully saturated rings. The predicted molar refractivity (Wildman–Crippen MR) is 120 cm³/mol. The van der Waals surface area contributed by atoms with E-state index >= 15 is 0 Å². The third kappa shape index (κ3) is 3.80. The zero-order valence-electron chi connectivity index (χ0n) is 17.8. The van der Waals surface area contributed by atoms with Crippen LogP contribution in [0.2, 0.25) is 0 Å². The van der Waals surface area contributed by atoms with Gasteiger partial charge in [0.1, 0.15) is 11.5 Å². The minimum atomic E-state index is -0.507. The lowest BCUT2D eigenvalue weighted by Crippen LogP contribution is -2.32. The molecule has 7 heteroatoms. The van der Waals surface area contributed by atoms with Crippen molar-refractivity contribution >= 4 is 28.8 Å². The molecule has 0 atom stereocenters. The number of aryl methyl sites for hydroxylation is 1. The number of imide groups is 1. The number of methoxy groups -OCH3 is 2. The summed E-state index contributed by atoms with van der Waals surface area (Å²) in [6.07, 6.45) is 0. The smallest absolute Gasteiger partial charge is 0.282 e. The van der Waals surface area contributed by atoms with Crippen molar-refractivity contribution < 1.29 is 23.5 Å². The third-order valence-electron chi connectivity index (χ3n) is 5.16. The van der Waals surface area contributed by atoms with Crippen LogP contribution in [0.3, 0.4) is 0 Å². The molecule has 0 aliphatic carbocycles. The standard InChI is InChI=1S/C25H21FN2O4/c1-15-4-11-19(12-5-15)28-24(29)22(16-6-8-17(26)9-7-16)23(25(28)30)27-18-10-13-20(31-2)21(14-18)32-3/h4-14,27H,1-3H3. The minimum absolute atomic E-state index is 0.0920. The molecule has 0 unspecified atom stereocenters. The molecule has 0 aromatic heterocycles. The Morgan fingerprint density at radius 2 is 1.47 bits per heavy atom. The number of nitrogens with one attached hydrogen (secondary N) is 1. The summed E-state index contributed by atoms with van der Waals surface area (Å²) in [5.74, 6) is -0.438. The molecule has 1 N–H and O–H groups in total. The maximum atomic E-state index is 13.5. The van der Waals surface area contributed by atoms with Gasteiger partial charge in [0.2, 0.25) is 0 Å². The lowest BCUT2D eigenvalue weighted by molar-refractivity contribution is -0.120. The van der Waals surface area contributed by atoms with Crippen molar-refractivity contribution in [2.75, 3.05) is 24.4 Å². The van der Waals surface area contributed by atoms with Crippen molar-refractivity contribution in [2.24, 2.45) is 0 Å². The summed E-state index contributed by atoms with van der Waals surface area (Å²) >= 11 is 0. The van der Waals surface area contributed by atoms with Crippen molar-refractivity contribution in [3.05, 3.63) is 89.4 Å². The van der Waals surface area contributed by atoms with Crippen LogP contribution in [0.1, 0.15) is 11.1 Å². The molecule has 2 amide bonds. The number of anilines is 2. The van der Waals surface area contributed by atoms with Crippen LogP contribution in [-0.4, -0.2) is 26.0 Å². The molecule has 32 heavy (non-hydrogen) atoms. The summed E-state index contributed by atoms with van der Waals surface area (Å²) in [6.45, 7) is 1.92. The molecule has 3 aromatic rings. The molecule has 6 nitrogen and oxygen atoms in total. The summed E-state index contributed by atoms with van der Waals surface area (Å²) in [5, 5.41) is 3.06. The number of hydrogen-bond donors (Lipinski definition) is 1. The van der Waals surface area contributed by atoms with Gasteiger partial charge in [-0.25, -0.2) is 9.29 Å². The van der Waals surface area contributed by atoms with Crippen molar-refractivity contribution in [3.8, 4) is 11.5 Å². The van der Waals surface area contributed by atoms with Gasteiger partial charge < -0.3 is 14.8 Å². The molecular weight excluding hydrogens is 411 g/mol. The van der Waals surface area contributed by atoms with Crippen LogP contribution in [0.25, 0.3) is 5.57 Å². The fourth-order valence-electron chi connectivity index (χ4n) is 3.52. The Bertz CT molecular complexity index is 1220. The summed E-state index contributed by atoms with van der Waals surface area (Å²) in [7, 11) is 3.03. The van der Waals surface area contributed by atoms with E-state index in [4.69, 9.17) is 9.47 Å². The fraction of sp³-hybridized carbons (Fsp3) is 0.120. The Kier molecular flexibility index (Phi) is 5.64. The van der Waals surface area contributed by atoms with Crippen molar-refractivity contribution in [3.63, 3.8) is 0 Å². The van der Waals surface area contributed by atoms with E-state index in [0.717, 1.165) is 10.5 Å². The van der Waals surface area contributed by atoms with Crippen LogP contribution in [0.15, 0.2) is 72.4 Å². The monoisotopic (exact) mass is 432 g/mol. The molecule has 0 radical (unpaired) electrons. The molecule has 162 valence electrons. The summed E-state index contributed by atoms with van der Waals surface area (Å²) < 4.78 is 24.1. The van der Waals surface area contributed by atoms with Gasteiger partial charge in [-0.15, -0.1) is 0 Å². The van der Waals surface area contributed by atoms with Crippen molar-refractivity contribution in [1.29, 1.82) is 0 Å².